The molecule has 132 valence electrons. The van der Waals surface area contributed by atoms with Crippen LogP contribution in [0, 0.1) is 0 Å². The third kappa shape index (κ3) is 5.17. The van der Waals surface area contributed by atoms with Crippen molar-refractivity contribution < 1.29 is 13.3 Å². The van der Waals surface area contributed by atoms with Gasteiger partial charge in [-0.15, -0.1) is 0 Å². The molecule has 1 aliphatic rings. The van der Waals surface area contributed by atoms with E-state index >= 15 is 0 Å². The van der Waals surface area contributed by atoms with Gasteiger partial charge in [0.1, 0.15) is 16.5 Å². The number of rotatable bonds is 6. The molecule has 1 saturated heterocycles. The highest BCUT2D eigenvalue weighted by atomic mass is 32.2. The summed E-state index contributed by atoms with van der Waals surface area (Å²) >= 11 is 1.90. The minimum atomic E-state index is -2.67. The first-order valence-corrected chi connectivity index (χ1v) is 18.1. The SMILES string of the molecule is CCC(N([Si](C)(C)C)[Si](C)(C)C)[Si]1(OC)OCCSCCO1. The molecular weight excluding hydrogens is 346 g/mol. The lowest BCUT2D eigenvalue weighted by Crippen LogP contribution is -2.73. The summed E-state index contributed by atoms with van der Waals surface area (Å²) in [6.07, 6.45) is 1.03. The molecule has 0 aromatic heterocycles. The van der Waals surface area contributed by atoms with Gasteiger partial charge in [-0.05, 0) is 6.42 Å². The zero-order chi connectivity index (χ0) is 17.0. The van der Waals surface area contributed by atoms with Gasteiger partial charge < -0.3 is 17.5 Å². The number of nitrogens with zero attached hydrogens (tertiary/aromatic N) is 1. The Morgan fingerprint density at radius 1 is 1.05 bits per heavy atom. The van der Waals surface area contributed by atoms with Gasteiger partial charge in [0, 0.05) is 31.8 Å². The Hall–Kier alpha value is 0.841. The van der Waals surface area contributed by atoms with E-state index in [1.165, 1.54) is 0 Å². The molecule has 0 aromatic carbocycles. The summed E-state index contributed by atoms with van der Waals surface area (Å²) in [4.78, 5) is 0. The van der Waals surface area contributed by atoms with E-state index in [1.54, 1.807) is 7.11 Å². The molecule has 1 fully saturated rings. The van der Waals surface area contributed by atoms with Gasteiger partial charge >= 0.3 is 8.80 Å². The molecule has 22 heavy (non-hydrogen) atoms. The summed E-state index contributed by atoms with van der Waals surface area (Å²) in [5.41, 5.74) is 0.291. The summed E-state index contributed by atoms with van der Waals surface area (Å²) in [5.74, 6) is 2.08. The first kappa shape index (κ1) is 20.9. The Morgan fingerprint density at radius 2 is 1.50 bits per heavy atom. The summed E-state index contributed by atoms with van der Waals surface area (Å²) in [6.45, 7) is 18.4. The fraction of sp³-hybridized carbons (Fsp3) is 1.00. The fourth-order valence-electron chi connectivity index (χ4n) is 3.61. The van der Waals surface area contributed by atoms with Crippen LogP contribution < -0.4 is 0 Å². The van der Waals surface area contributed by atoms with E-state index in [-0.39, 0.29) is 0 Å². The smallest absolute Gasteiger partial charge is 0.376 e. The van der Waals surface area contributed by atoms with E-state index < -0.39 is 25.3 Å². The molecule has 0 N–H and O–H groups in total. The van der Waals surface area contributed by atoms with Crippen molar-refractivity contribution in [2.75, 3.05) is 31.8 Å². The maximum absolute atomic E-state index is 6.32. The van der Waals surface area contributed by atoms with E-state index in [4.69, 9.17) is 13.3 Å². The van der Waals surface area contributed by atoms with Crippen molar-refractivity contribution >= 4 is 37.0 Å². The van der Waals surface area contributed by atoms with Gasteiger partial charge in [0.05, 0.1) is 5.67 Å². The Morgan fingerprint density at radius 3 is 1.82 bits per heavy atom. The minimum absolute atomic E-state index is 0.291. The Labute approximate surface area is 144 Å². The molecule has 0 spiro atoms. The second-order valence-electron chi connectivity index (χ2n) is 7.75. The molecule has 1 aliphatic heterocycles. The molecule has 0 saturated carbocycles. The standard InChI is InChI=1S/C14H35NO3SSi3/c1-9-14(15(20(3,4)5)21(6,7)8)22(16-2)17-10-12-19-13-11-18-22/h14H,9-13H2,1-8H3. The molecule has 1 heterocycles. The second-order valence-corrected chi connectivity index (χ2v) is 21.9. The van der Waals surface area contributed by atoms with Gasteiger partial charge in [0.2, 0.25) is 0 Å². The predicted octanol–water partition coefficient (Wildman–Crippen LogP) is 3.64. The van der Waals surface area contributed by atoms with Crippen LogP contribution in [0.25, 0.3) is 0 Å². The molecule has 0 aromatic rings. The van der Waals surface area contributed by atoms with Gasteiger partial charge in [0.25, 0.3) is 0 Å². The van der Waals surface area contributed by atoms with Gasteiger partial charge in [-0.3, -0.25) is 0 Å². The van der Waals surface area contributed by atoms with Crippen molar-refractivity contribution in [3.63, 3.8) is 0 Å². The third-order valence-corrected chi connectivity index (χ3v) is 16.1. The molecular formula is C14H35NO3SSi3. The molecule has 0 amide bonds. The van der Waals surface area contributed by atoms with Crippen LogP contribution in [-0.4, -0.2) is 67.0 Å². The highest BCUT2D eigenvalue weighted by molar-refractivity contribution is 7.99. The predicted molar refractivity (Wildman–Crippen MR) is 105 cm³/mol. The average molecular weight is 382 g/mol. The molecule has 1 unspecified atom stereocenters. The van der Waals surface area contributed by atoms with E-state index in [1.807, 2.05) is 11.8 Å². The average Bonchev–Trinajstić information content (AvgIpc) is 2.34. The van der Waals surface area contributed by atoms with Crippen LogP contribution in [-0.2, 0) is 13.3 Å². The lowest BCUT2D eigenvalue weighted by molar-refractivity contribution is 0.0660. The molecule has 4 nitrogen and oxygen atoms in total. The van der Waals surface area contributed by atoms with Gasteiger partial charge in [0.15, 0.2) is 0 Å². The highest BCUT2D eigenvalue weighted by Gasteiger charge is 2.55. The first-order chi connectivity index (χ1) is 10.1. The van der Waals surface area contributed by atoms with E-state index in [0.717, 1.165) is 31.1 Å². The third-order valence-electron chi connectivity index (χ3n) is 3.90. The lowest BCUT2D eigenvalue weighted by atomic mass is 10.5. The Bertz CT molecular complexity index is 325. The molecule has 8 heteroatoms. The van der Waals surface area contributed by atoms with Gasteiger partial charge in [-0.1, -0.05) is 46.2 Å². The van der Waals surface area contributed by atoms with Crippen molar-refractivity contribution in [2.24, 2.45) is 0 Å². The maximum atomic E-state index is 6.32. The monoisotopic (exact) mass is 381 g/mol. The lowest BCUT2D eigenvalue weighted by Gasteiger charge is -2.52. The summed E-state index contributed by atoms with van der Waals surface area (Å²) in [5, 5.41) is 0. The minimum Gasteiger partial charge on any atom is -0.376 e. The summed E-state index contributed by atoms with van der Waals surface area (Å²) in [7, 11) is -3.88. The second kappa shape index (κ2) is 8.28. The van der Waals surface area contributed by atoms with Crippen molar-refractivity contribution in [2.45, 2.75) is 58.3 Å². The molecule has 0 aliphatic carbocycles. The highest BCUT2D eigenvalue weighted by Crippen LogP contribution is 2.32. The molecule has 0 radical (unpaired) electrons. The first-order valence-electron chi connectivity index (χ1n) is 8.28. The van der Waals surface area contributed by atoms with Crippen LogP contribution in [0.1, 0.15) is 13.3 Å². The van der Waals surface area contributed by atoms with Crippen LogP contribution in [0.4, 0.5) is 0 Å². The normalized spacial score (nSPS) is 22.2. The van der Waals surface area contributed by atoms with Crippen LogP contribution in [0.15, 0.2) is 0 Å². The number of hydrogen-bond donors (Lipinski definition) is 0. The topological polar surface area (TPSA) is 30.9 Å². The Balaban J connectivity index is 3.21. The number of hydrogen-bond acceptors (Lipinski definition) is 5. The zero-order valence-corrected chi connectivity index (χ0v) is 19.5. The molecule has 1 atom stereocenters. The zero-order valence-electron chi connectivity index (χ0n) is 15.7. The summed E-state index contributed by atoms with van der Waals surface area (Å²) < 4.78 is 21.5. The summed E-state index contributed by atoms with van der Waals surface area (Å²) in [6, 6.07) is 0. The van der Waals surface area contributed by atoms with Crippen molar-refractivity contribution in [1.82, 2.24) is 4.23 Å². The number of thioether (sulfide) groups is 1. The van der Waals surface area contributed by atoms with Crippen LogP contribution >= 0.6 is 11.8 Å². The van der Waals surface area contributed by atoms with Crippen molar-refractivity contribution in [3.05, 3.63) is 0 Å². The van der Waals surface area contributed by atoms with Crippen molar-refractivity contribution in [3.8, 4) is 0 Å². The van der Waals surface area contributed by atoms with Crippen LogP contribution in [0.3, 0.4) is 0 Å². The molecule has 1 rings (SSSR count). The van der Waals surface area contributed by atoms with Gasteiger partial charge in [-0.25, -0.2) is 0 Å². The molecule has 0 bridgehead atoms. The maximum Gasteiger partial charge on any atom is 0.517 e. The van der Waals surface area contributed by atoms with E-state index in [2.05, 4.69) is 50.4 Å². The van der Waals surface area contributed by atoms with Gasteiger partial charge in [-0.2, -0.15) is 11.8 Å². The van der Waals surface area contributed by atoms with E-state index in [9.17, 15) is 0 Å². The largest absolute Gasteiger partial charge is 0.517 e. The Kier molecular flexibility index (Phi) is 7.86. The van der Waals surface area contributed by atoms with Crippen LogP contribution in [0.2, 0.25) is 39.3 Å². The quantitative estimate of drug-likeness (QED) is 0.656. The van der Waals surface area contributed by atoms with Crippen LogP contribution in [0.5, 0.6) is 0 Å². The van der Waals surface area contributed by atoms with Crippen molar-refractivity contribution in [1.29, 1.82) is 0 Å². The van der Waals surface area contributed by atoms with E-state index in [0.29, 0.717) is 5.67 Å². The fourth-order valence-corrected chi connectivity index (χ4v) is 20.6.